The fourth-order valence-corrected chi connectivity index (χ4v) is 3.26. The number of carbonyl (C=O) groups excluding carboxylic acids is 1. The zero-order chi connectivity index (χ0) is 18.5. The second-order valence-corrected chi connectivity index (χ2v) is 6.33. The molecule has 1 aliphatic rings. The van der Waals surface area contributed by atoms with E-state index in [2.05, 4.69) is 24.4 Å². The fraction of sp³-hybridized carbons (Fsp3) is 0.227. The van der Waals surface area contributed by atoms with Crippen LogP contribution in [-0.4, -0.2) is 20.2 Å². The summed E-state index contributed by atoms with van der Waals surface area (Å²) in [7, 11) is 3.06. The Labute approximate surface area is 154 Å². The molecule has 2 aromatic rings. The second kappa shape index (κ2) is 7.91. The smallest absolute Gasteiger partial charge is 0.336 e. The molecule has 0 fully saturated rings. The predicted octanol–water partition coefficient (Wildman–Crippen LogP) is 4.67. The minimum absolute atomic E-state index is 0.0330. The zero-order valence-electron chi connectivity index (χ0n) is 15.3. The number of hydrogen-bond acceptors (Lipinski definition) is 4. The van der Waals surface area contributed by atoms with Gasteiger partial charge in [0.25, 0.3) is 0 Å². The van der Waals surface area contributed by atoms with Gasteiger partial charge in [-0.15, -0.1) is 0 Å². The number of ether oxygens (including phenoxy) is 2. The van der Waals surface area contributed by atoms with Crippen molar-refractivity contribution in [2.24, 2.45) is 0 Å². The summed E-state index contributed by atoms with van der Waals surface area (Å²) >= 11 is 0. The first-order valence-corrected chi connectivity index (χ1v) is 8.58. The van der Waals surface area contributed by atoms with Gasteiger partial charge in [-0.05, 0) is 49.2 Å². The van der Waals surface area contributed by atoms with E-state index in [0.29, 0.717) is 5.57 Å². The minimum atomic E-state index is -0.307. The Morgan fingerprint density at radius 1 is 1.04 bits per heavy atom. The molecule has 0 spiro atoms. The zero-order valence-corrected chi connectivity index (χ0v) is 15.3. The first kappa shape index (κ1) is 17.8. The molecule has 0 saturated heterocycles. The summed E-state index contributed by atoms with van der Waals surface area (Å²) in [6.45, 7) is 2.08. The van der Waals surface area contributed by atoms with Crippen LogP contribution in [0.1, 0.15) is 24.8 Å². The lowest BCUT2D eigenvalue weighted by molar-refractivity contribution is -0.136. The molecule has 26 heavy (non-hydrogen) atoms. The quantitative estimate of drug-likeness (QED) is 0.797. The number of anilines is 1. The Balaban J connectivity index is 2.03. The standard InChI is InChI=1S/C22H23NO3/c1-15-13-19(16-7-5-4-6-8-16)21(22(24)26-3)20(14-15)23-17-9-11-18(25-2)12-10-17/h4-12,14,19,23H,13H2,1-3H3/t19-/m0/s1. The third kappa shape index (κ3) is 3.80. The second-order valence-electron chi connectivity index (χ2n) is 6.33. The summed E-state index contributed by atoms with van der Waals surface area (Å²) in [4.78, 5) is 12.6. The number of allylic oxidation sites excluding steroid dienone is 2. The van der Waals surface area contributed by atoms with Crippen LogP contribution in [0.25, 0.3) is 0 Å². The molecular weight excluding hydrogens is 326 g/mol. The van der Waals surface area contributed by atoms with E-state index >= 15 is 0 Å². The third-order valence-corrected chi connectivity index (χ3v) is 4.53. The highest BCUT2D eigenvalue weighted by Gasteiger charge is 2.30. The van der Waals surface area contributed by atoms with Gasteiger partial charge < -0.3 is 14.8 Å². The van der Waals surface area contributed by atoms with Crippen molar-refractivity contribution in [1.82, 2.24) is 0 Å². The largest absolute Gasteiger partial charge is 0.497 e. The summed E-state index contributed by atoms with van der Waals surface area (Å²) in [6.07, 6.45) is 2.82. The van der Waals surface area contributed by atoms with E-state index in [1.54, 1.807) is 7.11 Å². The molecule has 134 valence electrons. The SMILES string of the molecule is COC(=O)C1=C(Nc2ccc(OC)cc2)C=C(C)C[C@H]1c1ccccc1. The molecule has 0 aromatic heterocycles. The number of methoxy groups -OCH3 is 2. The summed E-state index contributed by atoms with van der Waals surface area (Å²) in [5, 5.41) is 3.37. The number of nitrogens with one attached hydrogen (secondary N) is 1. The lowest BCUT2D eigenvalue weighted by Crippen LogP contribution is -2.21. The molecule has 0 bridgehead atoms. The molecular formula is C22H23NO3. The van der Waals surface area contributed by atoms with Gasteiger partial charge in [0, 0.05) is 17.3 Å². The highest BCUT2D eigenvalue weighted by atomic mass is 16.5. The molecule has 4 nitrogen and oxygen atoms in total. The number of hydrogen-bond donors (Lipinski definition) is 1. The average Bonchev–Trinajstić information content (AvgIpc) is 2.68. The number of benzene rings is 2. The van der Waals surface area contributed by atoms with Gasteiger partial charge in [-0.3, -0.25) is 0 Å². The van der Waals surface area contributed by atoms with Crippen LogP contribution in [0.2, 0.25) is 0 Å². The monoisotopic (exact) mass is 349 g/mol. The molecule has 0 saturated carbocycles. The Hall–Kier alpha value is -3.01. The summed E-state index contributed by atoms with van der Waals surface area (Å²) < 4.78 is 10.3. The maximum atomic E-state index is 12.6. The predicted molar refractivity (Wildman–Crippen MR) is 103 cm³/mol. The molecule has 0 amide bonds. The van der Waals surface area contributed by atoms with Crippen LogP contribution in [0.5, 0.6) is 5.75 Å². The Kier molecular flexibility index (Phi) is 5.42. The molecule has 0 heterocycles. The van der Waals surface area contributed by atoms with Gasteiger partial charge in [0.05, 0.1) is 19.8 Å². The van der Waals surface area contributed by atoms with Crippen LogP contribution in [0, 0.1) is 0 Å². The molecule has 1 atom stereocenters. The summed E-state index contributed by atoms with van der Waals surface area (Å²) in [5.74, 6) is 0.447. The number of rotatable bonds is 5. The lowest BCUT2D eigenvalue weighted by Gasteiger charge is -2.27. The Morgan fingerprint density at radius 2 is 1.73 bits per heavy atom. The van der Waals surface area contributed by atoms with E-state index in [9.17, 15) is 4.79 Å². The van der Waals surface area contributed by atoms with E-state index in [0.717, 1.165) is 29.1 Å². The van der Waals surface area contributed by atoms with Crippen molar-refractivity contribution in [2.75, 3.05) is 19.5 Å². The van der Waals surface area contributed by atoms with E-state index < -0.39 is 0 Å². The summed E-state index contributed by atoms with van der Waals surface area (Å²) in [6, 6.07) is 17.7. The number of esters is 1. The average molecular weight is 349 g/mol. The fourth-order valence-electron chi connectivity index (χ4n) is 3.26. The van der Waals surface area contributed by atoms with E-state index in [1.165, 1.54) is 12.7 Å². The molecule has 1 N–H and O–H groups in total. The van der Waals surface area contributed by atoms with Crippen molar-refractivity contribution in [1.29, 1.82) is 0 Å². The van der Waals surface area contributed by atoms with Crippen LogP contribution in [0.4, 0.5) is 5.69 Å². The van der Waals surface area contributed by atoms with Crippen LogP contribution in [-0.2, 0) is 9.53 Å². The molecule has 3 rings (SSSR count). The molecule has 2 aromatic carbocycles. The van der Waals surface area contributed by atoms with Crippen molar-refractivity contribution in [3.8, 4) is 5.75 Å². The van der Waals surface area contributed by atoms with E-state index in [-0.39, 0.29) is 11.9 Å². The first-order valence-electron chi connectivity index (χ1n) is 8.58. The highest BCUT2D eigenvalue weighted by Crippen LogP contribution is 2.38. The Morgan fingerprint density at radius 3 is 2.35 bits per heavy atom. The van der Waals surface area contributed by atoms with Crippen LogP contribution >= 0.6 is 0 Å². The van der Waals surface area contributed by atoms with Crippen molar-refractivity contribution in [2.45, 2.75) is 19.3 Å². The Bertz CT molecular complexity index is 835. The maximum Gasteiger partial charge on any atom is 0.336 e. The van der Waals surface area contributed by atoms with Gasteiger partial charge in [-0.2, -0.15) is 0 Å². The highest BCUT2D eigenvalue weighted by molar-refractivity contribution is 5.93. The maximum absolute atomic E-state index is 12.6. The van der Waals surface area contributed by atoms with Crippen LogP contribution < -0.4 is 10.1 Å². The minimum Gasteiger partial charge on any atom is -0.497 e. The first-order chi connectivity index (χ1) is 12.6. The molecule has 4 heteroatoms. The van der Waals surface area contributed by atoms with Gasteiger partial charge in [-0.1, -0.05) is 35.9 Å². The normalized spacial score (nSPS) is 16.7. The van der Waals surface area contributed by atoms with Crippen molar-refractivity contribution >= 4 is 11.7 Å². The van der Waals surface area contributed by atoms with Gasteiger partial charge in [-0.25, -0.2) is 4.79 Å². The van der Waals surface area contributed by atoms with Crippen LogP contribution in [0.15, 0.2) is 77.5 Å². The van der Waals surface area contributed by atoms with Gasteiger partial charge >= 0.3 is 5.97 Å². The molecule has 0 radical (unpaired) electrons. The van der Waals surface area contributed by atoms with Crippen molar-refractivity contribution in [3.63, 3.8) is 0 Å². The van der Waals surface area contributed by atoms with E-state index in [4.69, 9.17) is 9.47 Å². The topological polar surface area (TPSA) is 47.6 Å². The molecule has 1 aliphatic carbocycles. The molecule has 0 aliphatic heterocycles. The third-order valence-electron chi connectivity index (χ3n) is 4.53. The van der Waals surface area contributed by atoms with E-state index in [1.807, 2.05) is 48.5 Å². The van der Waals surface area contributed by atoms with Gasteiger partial charge in [0.2, 0.25) is 0 Å². The van der Waals surface area contributed by atoms with Gasteiger partial charge in [0.1, 0.15) is 5.75 Å². The number of carbonyl (C=O) groups is 1. The van der Waals surface area contributed by atoms with Crippen molar-refractivity contribution in [3.05, 3.63) is 83.1 Å². The van der Waals surface area contributed by atoms with Crippen LogP contribution in [0.3, 0.4) is 0 Å². The lowest BCUT2D eigenvalue weighted by atomic mass is 9.81. The summed E-state index contributed by atoms with van der Waals surface area (Å²) in [5.41, 5.74) is 4.64. The van der Waals surface area contributed by atoms with Gasteiger partial charge in [0.15, 0.2) is 0 Å². The molecule has 0 unspecified atom stereocenters. The van der Waals surface area contributed by atoms with Crippen molar-refractivity contribution < 1.29 is 14.3 Å².